The van der Waals surface area contributed by atoms with Gasteiger partial charge in [-0.05, 0) is 50.3 Å². The van der Waals surface area contributed by atoms with E-state index in [9.17, 15) is 5.11 Å². The van der Waals surface area contributed by atoms with Gasteiger partial charge < -0.3 is 14.5 Å². The van der Waals surface area contributed by atoms with Crippen LogP contribution >= 0.6 is 0 Å². The molecule has 6 nitrogen and oxygen atoms in total. The fourth-order valence-corrected chi connectivity index (χ4v) is 3.68. The van der Waals surface area contributed by atoms with E-state index in [2.05, 4.69) is 44.3 Å². The maximum absolute atomic E-state index is 10.3. The van der Waals surface area contributed by atoms with Crippen LogP contribution in [0.25, 0.3) is 11.5 Å². The van der Waals surface area contributed by atoms with Crippen molar-refractivity contribution in [1.29, 1.82) is 0 Å². The van der Waals surface area contributed by atoms with Gasteiger partial charge in [-0.15, -0.1) is 0 Å². The smallest absolute Gasteiger partial charge is 0.259 e. The summed E-state index contributed by atoms with van der Waals surface area (Å²) in [7, 11) is 0. The number of anilines is 1. The second-order valence-corrected chi connectivity index (χ2v) is 7.78. The summed E-state index contributed by atoms with van der Waals surface area (Å²) in [6.45, 7) is 3.39. The van der Waals surface area contributed by atoms with Crippen molar-refractivity contribution in [2.24, 2.45) is 0 Å². The molecule has 6 heteroatoms. The van der Waals surface area contributed by atoms with E-state index in [-0.39, 0.29) is 0 Å². The van der Waals surface area contributed by atoms with E-state index in [1.807, 2.05) is 25.1 Å². The third-order valence-electron chi connectivity index (χ3n) is 5.17. The molecule has 0 radical (unpaired) electrons. The Balaban J connectivity index is 1.36. The molecule has 3 aromatic rings. The van der Waals surface area contributed by atoms with Crippen LogP contribution < -0.4 is 4.90 Å². The molecule has 1 aliphatic heterocycles. The minimum absolute atomic E-state index is 0.499. The fourth-order valence-electron chi connectivity index (χ4n) is 3.68. The maximum Gasteiger partial charge on any atom is 0.259 e. The van der Waals surface area contributed by atoms with Gasteiger partial charge in [-0.25, -0.2) is 4.98 Å². The predicted molar refractivity (Wildman–Crippen MR) is 108 cm³/mol. The number of aromatic nitrogens is 3. The van der Waals surface area contributed by atoms with E-state index in [1.165, 1.54) is 5.56 Å². The van der Waals surface area contributed by atoms with Crippen molar-refractivity contribution in [1.82, 2.24) is 15.1 Å². The molecule has 1 fully saturated rings. The highest BCUT2D eigenvalue weighted by atomic mass is 16.5. The van der Waals surface area contributed by atoms with Gasteiger partial charge in [-0.3, -0.25) is 0 Å². The molecule has 0 aliphatic carbocycles. The van der Waals surface area contributed by atoms with Crippen LogP contribution in [0.5, 0.6) is 0 Å². The van der Waals surface area contributed by atoms with Crippen LogP contribution in [-0.4, -0.2) is 38.9 Å². The van der Waals surface area contributed by atoms with Gasteiger partial charge in [0.2, 0.25) is 0 Å². The molecule has 146 valence electrons. The summed E-state index contributed by atoms with van der Waals surface area (Å²) < 4.78 is 5.42. The van der Waals surface area contributed by atoms with Crippen LogP contribution in [-0.2, 0) is 12.8 Å². The van der Waals surface area contributed by atoms with Crippen molar-refractivity contribution in [2.45, 2.75) is 44.6 Å². The van der Waals surface area contributed by atoms with E-state index in [0.29, 0.717) is 12.4 Å². The van der Waals surface area contributed by atoms with Crippen LogP contribution in [0.2, 0.25) is 0 Å². The molecule has 0 spiro atoms. The highest BCUT2D eigenvalue weighted by Gasteiger charge is 2.29. The van der Waals surface area contributed by atoms with Crippen molar-refractivity contribution < 1.29 is 9.63 Å². The Morgan fingerprint density at radius 2 is 2.00 bits per heavy atom. The van der Waals surface area contributed by atoms with E-state index < -0.39 is 5.60 Å². The molecule has 1 N–H and O–H groups in total. The highest BCUT2D eigenvalue weighted by Crippen LogP contribution is 2.26. The Morgan fingerprint density at radius 3 is 2.75 bits per heavy atom. The SMILES string of the molecule is CC1(O)CCCN(c2ccc(-c3nc(CCCc4ccccc4)no3)cn2)C1. The molecular weight excluding hydrogens is 352 g/mol. The standard InChI is InChI=1S/C22H26N4O2/c1-22(27)13-6-14-26(16-22)20-12-11-18(15-23-20)21-24-19(25-28-21)10-5-9-17-7-3-2-4-8-17/h2-4,7-8,11-12,15,27H,5-6,9-10,13-14,16H2,1H3. The predicted octanol–water partition coefficient (Wildman–Crippen LogP) is 3.66. The van der Waals surface area contributed by atoms with Gasteiger partial charge in [0, 0.05) is 25.7 Å². The van der Waals surface area contributed by atoms with E-state index >= 15 is 0 Å². The van der Waals surface area contributed by atoms with Crippen LogP contribution in [0.1, 0.15) is 37.6 Å². The lowest BCUT2D eigenvalue weighted by Crippen LogP contribution is -2.46. The molecule has 1 aromatic carbocycles. The summed E-state index contributed by atoms with van der Waals surface area (Å²) in [5.41, 5.74) is 1.48. The summed E-state index contributed by atoms with van der Waals surface area (Å²) in [6, 6.07) is 14.3. The van der Waals surface area contributed by atoms with Crippen LogP contribution in [0.4, 0.5) is 5.82 Å². The normalized spacial score (nSPS) is 19.7. The second kappa shape index (κ2) is 8.10. The molecular formula is C22H26N4O2. The number of hydrogen-bond acceptors (Lipinski definition) is 6. The lowest BCUT2D eigenvalue weighted by atomic mass is 9.95. The number of aliphatic hydroxyl groups is 1. The van der Waals surface area contributed by atoms with Crippen molar-refractivity contribution in [2.75, 3.05) is 18.0 Å². The van der Waals surface area contributed by atoms with Crippen LogP contribution in [0.15, 0.2) is 53.2 Å². The third kappa shape index (κ3) is 4.57. The molecule has 28 heavy (non-hydrogen) atoms. The zero-order valence-corrected chi connectivity index (χ0v) is 16.2. The van der Waals surface area contributed by atoms with Gasteiger partial charge in [0.15, 0.2) is 5.82 Å². The van der Waals surface area contributed by atoms with Crippen molar-refractivity contribution >= 4 is 5.82 Å². The summed E-state index contributed by atoms with van der Waals surface area (Å²) in [4.78, 5) is 11.2. The number of β-amino-alcohol motifs (C(OH)–C–C–N with tert-alkyl or cyclic N) is 1. The third-order valence-corrected chi connectivity index (χ3v) is 5.17. The van der Waals surface area contributed by atoms with E-state index in [1.54, 1.807) is 6.20 Å². The minimum atomic E-state index is -0.653. The van der Waals surface area contributed by atoms with E-state index in [4.69, 9.17) is 4.52 Å². The van der Waals surface area contributed by atoms with Crippen LogP contribution in [0.3, 0.4) is 0 Å². The van der Waals surface area contributed by atoms with Crippen molar-refractivity contribution in [3.8, 4) is 11.5 Å². The first-order valence-corrected chi connectivity index (χ1v) is 9.89. The Morgan fingerprint density at radius 1 is 1.14 bits per heavy atom. The van der Waals surface area contributed by atoms with Gasteiger partial charge in [-0.1, -0.05) is 35.5 Å². The summed E-state index contributed by atoms with van der Waals surface area (Å²) in [5.74, 6) is 2.09. The zero-order chi connectivity index (χ0) is 19.4. The highest BCUT2D eigenvalue weighted by molar-refractivity contribution is 5.54. The summed E-state index contributed by atoms with van der Waals surface area (Å²) in [5, 5.41) is 14.4. The Kier molecular flexibility index (Phi) is 5.39. The topological polar surface area (TPSA) is 75.3 Å². The first-order valence-electron chi connectivity index (χ1n) is 9.89. The molecule has 0 bridgehead atoms. The largest absolute Gasteiger partial charge is 0.388 e. The Labute approximate surface area is 165 Å². The summed E-state index contributed by atoms with van der Waals surface area (Å²) >= 11 is 0. The maximum atomic E-state index is 10.3. The first kappa shape index (κ1) is 18.6. The average molecular weight is 378 g/mol. The van der Waals surface area contributed by atoms with Gasteiger partial charge in [0.05, 0.1) is 11.2 Å². The number of pyridine rings is 1. The molecule has 1 atom stereocenters. The lowest BCUT2D eigenvalue weighted by Gasteiger charge is -2.37. The van der Waals surface area contributed by atoms with Crippen LogP contribution in [0, 0.1) is 0 Å². The number of piperidine rings is 1. The van der Waals surface area contributed by atoms with Crippen molar-refractivity contribution in [3.63, 3.8) is 0 Å². The van der Waals surface area contributed by atoms with Gasteiger partial charge in [-0.2, -0.15) is 4.98 Å². The molecule has 2 aromatic heterocycles. The fraction of sp³-hybridized carbons (Fsp3) is 0.409. The Bertz CT molecular complexity index is 890. The first-order chi connectivity index (χ1) is 13.6. The minimum Gasteiger partial charge on any atom is -0.388 e. The molecule has 4 rings (SSSR count). The molecule has 1 saturated heterocycles. The lowest BCUT2D eigenvalue weighted by molar-refractivity contribution is 0.0447. The zero-order valence-electron chi connectivity index (χ0n) is 16.2. The number of benzene rings is 1. The Hall–Kier alpha value is -2.73. The number of rotatable bonds is 6. The monoisotopic (exact) mass is 378 g/mol. The van der Waals surface area contributed by atoms with Gasteiger partial charge >= 0.3 is 0 Å². The second-order valence-electron chi connectivity index (χ2n) is 7.78. The van der Waals surface area contributed by atoms with Gasteiger partial charge in [0.25, 0.3) is 5.89 Å². The molecule has 1 aliphatic rings. The summed E-state index contributed by atoms with van der Waals surface area (Å²) in [6.07, 6.45) is 6.32. The number of aryl methyl sites for hydroxylation is 2. The van der Waals surface area contributed by atoms with Crippen molar-refractivity contribution in [3.05, 3.63) is 60.0 Å². The molecule has 0 amide bonds. The number of hydrogen-bond donors (Lipinski definition) is 1. The van der Waals surface area contributed by atoms with Gasteiger partial charge in [0.1, 0.15) is 5.82 Å². The van der Waals surface area contributed by atoms with E-state index in [0.717, 1.165) is 55.9 Å². The molecule has 3 heterocycles. The quantitative estimate of drug-likeness (QED) is 0.705. The average Bonchev–Trinajstić information content (AvgIpc) is 3.17. The molecule has 1 unspecified atom stereocenters. The molecule has 0 saturated carbocycles. The number of nitrogens with zero attached hydrogens (tertiary/aromatic N) is 4.